The quantitative estimate of drug-likeness (QED) is 0.454. The molecule has 1 heterocycles. The van der Waals surface area contributed by atoms with Gasteiger partial charge in [-0.2, -0.15) is 5.10 Å². The van der Waals surface area contributed by atoms with Crippen LogP contribution in [0.4, 0.5) is 0 Å². The fourth-order valence-corrected chi connectivity index (χ4v) is 2.89. The molecule has 24 heavy (non-hydrogen) atoms. The molecule has 1 aromatic carbocycles. The Hall–Kier alpha value is -2.50. The molecule has 0 saturated carbocycles. The summed E-state index contributed by atoms with van der Waals surface area (Å²) < 4.78 is 5.24. The smallest absolute Gasteiger partial charge is 0.305 e. The Balaban J connectivity index is 1.99. The number of carbonyl (C=O) groups is 2. The third-order valence-electron chi connectivity index (χ3n) is 2.76. The highest BCUT2D eigenvalue weighted by Gasteiger charge is 2.32. The van der Waals surface area contributed by atoms with E-state index >= 15 is 0 Å². The van der Waals surface area contributed by atoms with E-state index in [4.69, 9.17) is 27.9 Å². The molecule has 1 saturated heterocycles. The van der Waals surface area contributed by atoms with Crippen molar-refractivity contribution in [3.05, 3.63) is 28.8 Å². The number of amides is 1. The van der Waals surface area contributed by atoms with Gasteiger partial charge in [-0.25, -0.2) is 0 Å². The van der Waals surface area contributed by atoms with Crippen LogP contribution in [0.3, 0.4) is 0 Å². The number of ether oxygens (including phenoxy) is 1. The van der Waals surface area contributed by atoms with Crippen molar-refractivity contribution in [2.24, 2.45) is 10.2 Å². The van der Waals surface area contributed by atoms with Crippen LogP contribution in [0.1, 0.15) is 12.0 Å². The van der Waals surface area contributed by atoms with Gasteiger partial charge in [-0.15, -0.1) is 11.5 Å². The highest BCUT2D eigenvalue weighted by Crippen LogP contribution is 2.25. The van der Waals surface area contributed by atoms with E-state index < -0.39 is 17.1 Å². The number of amidine groups is 1. The van der Waals surface area contributed by atoms with Crippen LogP contribution in [0.5, 0.6) is 5.75 Å². The summed E-state index contributed by atoms with van der Waals surface area (Å²) >= 11 is 7.08. The lowest BCUT2D eigenvalue weighted by Gasteiger charge is -2.04. The standard InChI is InChI=1S/C15H12ClN3O4S/c1-2-5-23-11-4-3-9(6-10(11)16)8-17-19-15-18-14(22)12(24-15)7-13(20)21/h1,3-4,6,8,12H,5,7H2,(H,20,21)(H,18,19,22). The summed E-state index contributed by atoms with van der Waals surface area (Å²) in [5, 5.41) is 18.8. The third-order valence-corrected chi connectivity index (χ3v) is 4.13. The fraction of sp³-hybridized carbons (Fsp3) is 0.200. The third kappa shape index (κ3) is 5.01. The van der Waals surface area contributed by atoms with Gasteiger partial charge in [-0.1, -0.05) is 29.3 Å². The first-order valence-electron chi connectivity index (χ1n) is 6.65. The van der Waals surface area contributed by atoms with Crippen LogP contribution in [-0.4, -0.2) is 40.2 Å². The van der Waals surface area contributed by atoms with E-state index in [0.717, 1.165) is 11.8 Å². The summed E-state index contributed by atoms with van der Waals surface area (Å²) in [6.07, 6.45) is 6.29. The molecule has 0 spiro atoms. The minimum Gasteiger partial charge on any atom is -0.481 e. The molecule has 1 amide bonds. The molecule has 0 aromatic heterocycles. The van der Waals surface area contributed by atoms with Crippen molar-refractivity contribution in [3.63, 3.8) is 0 Å². The Morgan fingerprint density at radius 3 is 3.04 bits per heavy atom. The number of terminal acetylenes is 1. The van der Waals surface area contributed by atoms with E-state index in [0.29, 0.717) is 16.3 Å². The molecule has 1 atom stereocenters. The van der Waals surface area contributed by atoms with Gasteiger partial charge in [0.2, 0.25) is 5.91 Å². The lowest BCUT2D eigenvalue weighted by Crippen LogP contribution is -2.26. The van der Waals surface area contributed by atoms with Crippen LogP contribution in [0.2, 0.25) is 5.02 Å². The molecule has 7 nitrogen and oxygen atoms in total. The van der Waals surface area contributed by atoms with Gasteiger partial charge >= 0.3 is 5.97 Å². The van der Waals surface area contributed by atoms with Crippen molar-refractivity contribution < 1.29 is 19.4 Å². The van der Waals surface area contributed by atoms with Gasteiger partial charge in [0.15, 0.2) is 5.17 Å². The van der Waals surface area contributed by atoms with E-state index in [1.54, 1.807) is 18.2 Å². The van der Waals surface area contributed by atoms with Crippen LogP contribution in [0, 0.1) is 12.3 Å². The number of hydrogen-bond acceptors (Lipinski definition) is 6. The number of rotatable bonds is 6. The lowest BCUT2D eigenvalue weighted by molar-refractivity contribution is -0.138. The number of hydrogen-bond donors (Lipinski definition) is 2. The van der Waals surface area contributed by atoms with Gasteiger partial charge in [0.1, 0.15) is 17.6 Å². The number of nitrogens with one attached hydrogen (secondary N) is 1. The lowest BCUT2D eigenvalue weighted by atomic mass is 10.2. The maximum atomic E-state index is 11.5. The van der Waals surface area contributed by atoms with E-state index in [1.807, 2.05) is 0 Å². The number of aliphatic carboxylic acids is 1. The predicted octanol–water partition coefficient (Wildman–Crippen LogP) is 1.75. The topological polar surface area (TPSA) is 100 Å². The Morgan fingerprint density at radius 2 is 2.38 bits per heavy atom. The van der Waals surface area contributed by atoms with Crippen molar-refractivity contribution in [2.75, 3.05) is 6.61 Å². The van der Waals surface area contributed by atoms with Gasteiger partial charge in [0.05, 0.1) is 17.7 Å². The highest BCUT2D eigenvalue weighted by molar-refractivity contribution is 8.15. The molecule has 1 fully saturated rings. The summed E-state index contributed by atoms with van der Waals surface area (Å²) in [5.74, 6) is 1.37. The Bertz CT molecular complexity index is 758. The average Bonchev–Trinajstić information content (AvgIpc) is 2.85. The second kappa shape index (κ2) is 8.38. The van der Waals surface area contributed by atoms with Crippen LogP contribution in [0.25, 0.3) is 0 Å². The predicted molar refractivity (Wildman–Crippen MR) is 92.6 cm³/mol. The summed E-state index contributed by atoms with van der Waals surface area (Å²) in [7, 11) is 0. The van der Waals surface area contributed by atoms with Crippen molar-refractivity contribution in [1.82, 2.24) is 5.32 Å². The first-order valence-corrected chi connectivity index (χ1v) is 7.91. The summed E-state index contributed by atoms with van der Waals surface area (Å²) in [5.41, 5.74) is 0.675. The van der Waals surface area contributed by atoms with Crippen LogP contribution in [0.15, 0.2) is 28.4 Å². The summed E-state index contributed by atoms with van der Waals surface area (Å²) in [4.78, 5) is 22.2. The van der Waals surface area contributed by atoms with Crippen LogP contribution >= 0.6 is 23.4 Å². The number of benzene rings is 1. The van der Waals surface area contributed by atoms with Crippen molar-refractivity contribution in [1.29, 1.82) is 0 Å². The molecule has 1 aliphatic rings. The molecule has 2 rings (SSSR count). The van der Waals surface area contributed by atoms with E-state index in [-0.39, 0.29) is 18.2 Å². The summed E-state index contributed by atoms with van der Waals surface area (Å²) in [6, 6.07) is 5.00. The van der Waals surface area contributed by atoms with Gasteiger partial charge < -0.3 is 15.2 Å². The van der Waals surface area contributed by atoms with E-state index in [9.17, 15) is 9.59 Å². The van der Waals surface area contributed by atoms with E-state index in [1.165, 1.54) is 6.21 Å². The molecule has 1 aromatic rings. The monoisotopic (exact) mass is 365 g/mol. The number of carbonyl (C=O) groups excluding carboxylic acids is 1. The maximum absolute atomic E-state index is 11.5. The molecular weight excluding hydrogens is 354 g/mol. The van der Waals surface area contributed by atoms with Crippen molar-refractivity contribution >= 4 is 46.6 Å². The fourth-order valence-electron chi connectivity index (χ4n) is 1.73. The first-order chi connectivity index (χ1) is 11.5. The van der Waals surface area contributed by atoms with Crippen molar-refractivity contribution in [2.45, 2.75) is 11.7 Å². The van der Waals surface area contributed by atoms with E-state index in [2.05, 4.69) is 21.4 Å². The number of carboxylic acids is 1. The number of nitrogens with zero attached hydrogens (tertiary/aromatic N) is 2. The molecule has 0 bridgehead atoms. The zero-order chi connectivity index (χ0) is 17.5. The Morgan fingerprint density at radius 1 is 1.58 bits per heavy atom. The van der Waals surface area contributed by atoms with Gasteiger partial charge in [-0.3, -0.25) is 9.59 Å². The van der Waals surface area contributed by atoms with Gasteiger partial charge in [-0.05, 0) is 23.8 Å². The van der Waals surface area contributed by atoms with Gasteiger partial charge in [0.25, 0.3) is 0 Å². The zero-order valence-corrected chi connectivity index (χ0v) is 13.8. The average molecular weight is 366 g/mol. The minimum atomic E-state index is -1.05. The first kappa shape index (κ1) is 17.8. The molecule has 1 aliphatic heterocycles. The second-order valence-corrected chi connectivity index (χ2v) is 6.12. The maximum Gasteiger partial charge on any atom is 0.305 e. The number of carboxylic acid groups (broad SMARTS) is 1. The summed E-state index contributed by atoms with van der Waals surface area (Å²) in [6.45, 7) is 0.120. The second-order valence-electron chi connectivity index (χ2n) is 4.53. The van der Waals surface area contributed by atoms with Crippen LogP contribution < -0.4 is 10.1 Å². The molecule has 2 N–H and O–H groups in total. The zero-order valence-electron chi connectivity index (χ0n) is 12.2. The number of halogens is 1. The molecule has 0 radical (unpaired) electrons. The highest BCUT2D eigenvalue weighted by atomic mass is 35.5. The molecule has 1 unspecified atom stereocenters. The molecule has 124 valence electrons. The largest absolute Gasteiger partial charge is 0.481 e. The number of thioether (sulfide) groups is 1. The SMILES string of the molecule is C#CCOc1ccc(C=NN=C2NC(=O)C(CC(=O)O)S2)cc1Cl. The Labute approximate surface area is 147 Å². The molecule has 9 heteroatoms. The van der Waals surface area contributed by atoms with Crippen LogP contribution in [-0.2, 0) is 9.59 Å². The normalized spacial score (nSPS) is 18.6. The Kier molecular flexibility index (Phi) is 6.23. The molecular formula is C15H12ClN3O4S. The van der Waals surface area contributed by atoms with Crippen molar-refractivity contribution in [3.8, 4) is 18.1 Å². The van der Waals surface area contributed by atoms with Gasteiger partial charge in [0, 0.05) is 0 Å². The minimum absolute atomic E-state index is 0.120. The molecule has 0 aliphatic carbocycles.